The van der Waals surface area contributed by atoms with E-state index in [0.717, 1.165) is 16.5 Å². The molecule has 4 rings (SSSR count). The molecule has 0 saturated carbocycles. The summed E-state index contributed by atoms with van der Waals surface area (Å²) >= 11 is 1.40. The van der Waals surface area contributed by atoms with Gasteiger partial charge in [0.25, 0.3) is 0 Å². The Balaban J connectivity index is 1.46. The number of carbonyl (C=O) groups excluding carboxylic acids is 2. The van der Waals surface area contributed by atoms with Gasteiger partial charge < -0.3 is 24.6 Å². The van der Waals surface area contributed by atoms with Crippen molar-refractivity contribution in [2.75, 3.05) is 5.75 Å². The third-order valence-electron chi connectivity index (χ3n) is 7.11. The summed E-state index contributed by atoms with van der Waals surface area (Å²) in [6, 6.07) is 9.46. The van der Waals surface area contributed by atoms with Gasteiger partial charge in [-0.25, -0.2) is 9.59 Å². The van der Waals surface area contributed by atoms with Crippen molar-refractivity contribution in [1.29, 1.82) is 0 Å². The number of benzene rings is 2. The summed E-state index contributed by atoms with van der Waals surface area (Å²) < 4.78 is 11.3. The molecule has 41 heavy (non-hydrogen) atoms. The number of carboxylic acid groups (broad SMARTS) is 1. The van der Waals surface area contributed by atoms with E-state index in [0.29, 0.717) is 46.3 Å². The van der Waals surface area contributed by atoms with Gasteiger partial charge in [0.15, 0.2) is 0 Å². The SMILES string of the molecule is CCCC(NC(=O)Cc1c(C)c2cc3c(C)coc3c(C)c2oc1=O)C(=O)N[C@H](CSCc1ccccc1)C(=O)O. The van der Waals surface area contributed by atoms with Crippen LogP contribution >= 0.6 is 11.8 Å². The van der Waals surface area contributed by atoms with Crippen LogP contribution in [0.4, 0.5) is 0 Å². The van der Waals surface area contributed by atoms with Crippen LogP contribution in [0.1, 0.15) is 47.6 Å². The Hall–Kier alpha value is -4.05. The van der Waals surface area contributed by atoms with Crippen molar-refractivity contribution in [3.8, 4) is 0 Å². The van der Waals surface area contributed by atoms with E-state index in [9.17, 15) is 24.3 Å². The lowest BCUT2D eigenvalue weighted by atomic mass is 9.99. The molecule has 4 aromatic rings. The van der Waals surface area contributed by atoms with Gasteiger partial charge in [0.2, 0.25) is 11.8 Å². The number of hydrogen-bond acceptors (Lipinski definition) is 7. The fourth-order valence-corrected chi connectivity index (χ4v) is 5.81. The zero-order valence-corrected chi connectivity index (χ0v) is 24.4. The Morgan fingerprint density at radius 1 is 0.976 bits per heavy atom. The van der Waals surface area contributed by atoms with E-state index in [2.05, 4.69) is 10.6 Å². The molecule has 0 aliphatic heterocycles. The molecule has 1 unspecified atom stereocenters. The van der Waals surface area contributed by atoms with Crippen LogP contribution in [-0.2, 0) is 26.6 Å². The van der Waals surface area contributed by atoms with Crippen molar-refractivity contribution < 1.29 is 28.3 Å². The topological polar surface area (TPSA) is 139 Å². The minimum Gasteiger partial charge on any atom is -0.480 e. The zero-order valence-electron chi connectivity index (χ0n) is 23.5. The first-order chi connectivity index (χ1) is 19.6. The number of aliphatic carboxylic acids is 1. The zero-order chi connectivity index (χ0) is 29.7. The predicted molar refractivity (Wildman–Crippen MR) is 159 cm³/mol. The first-order valence-corrected chi connectivity index (χ1v) is 14.6. The average molecular weight is 579 g/mol. The van der Waals surface area contributed by atoms with Crippen molar-refractivity contribution in [1.82, 2.24) is 10.6 Å². The third-order valence-corrected chi connectivity index (χ3v) is 8.22. The number of rotatable bonds is 12. The van der Waals surface area contributed by atoms with E-state index in [-0.39, 0.29) is 17.7 Å². The standard InChI is InChI=1S/C31H34N2O7S/c1-5-9-24(29(35)33-25(30(36)37)16-41-15-20-10-7-6-8-11-20)32-26(34)13-23-18(3)22-12-21-17(2)14-39-27(21)19(4)28(22)40-31(23)38/h6-8,10-12,14,24-25H,5,9,13,15-16H2,1-4H3,(H,32,34)(H,33,35)(H,36,37)/t24?,25-/m1/s1. The summed E-state index contributed by atoms with van der Waals surface area (Å²) in [5.41, 5.74) is 3.95. The fourth-order valence-electron chi connectivity index (χ4n) is 4.80. The molecular weight excluding hydrogens is 544 g/mol. The van der Waals surface area contributed by atoms with Gasteiger partial charge in [0.1, 0.15) is 23.2 Å². The molecule has 0 spiro atoms. The number of thioether (sulfide) groups is 1. The number of furan rings is 1. The van der Waals surface area contributed by atoms with E-state index in [1.165, 1.54) is 11.8 Å². The smallest absolute Gasteiger partial charge is 0.340 e. The Labute approximate surface area is 241 Å². The minimum atomic E-state index is -1.15. The maximum atomic E-state index is 13.1. The number of hydrogen-bond donors (Lipinski definition) is 3. The van der Waals surface area contributed by atoms with Crippen molar-refractivity contribution in [2.45, 2.75) is 64.8 Å². The summed E-state index contributed by atoms with van der Waals surface area (Å²) in [5.74, 6) is -1.49. The number of fused-ring (bicyclic) bond motifs is 2. The first kappa shape index (κ1) is 29.9. The van der Waals surface area contributed by atoms with Gasteiger partial charge in [-0.2, -0.15) is 11.8 Å². The lowest BCUT2D eigenvalue weighted by molar-refractivity contribution is -0.141. The molecule has 0 bridgehead atoms. The summed E-state index contributed by atoms with van der Waals surface area (Å²) in [7, 11) is 0. The van der Waals surface area contributed by atoms with Crippen LogP contribution in [0.2, 0.25) is 0 Å². The third kappa shape index (κ3) is 6.82. The van der Waals surface area contributed by atoms with Crippen molar-refractivity contribution in [2.24, 2.45) is 0 Å². The Bertz CT molecular complexity index is 1640. The second-order valence-corrected chi connectivity index (χ2v) is 11.2. The molecule has 216 valence electrons. The van der Waals surface area contributed by atoms with Gasteiger partial charge in [0, 0.05) is 27.8 Å². The highest BCUT2D eigenvalue weighted by atomic mass is 32.2. The number of carbonyl (C=O) groups is 3. The largest absolute Gasteiger partial charge is 0.480 e. The Morgan fingerprint density at radius 2 is 1.71 bits per heavy atom. The van der Waals surface area contributed by atoms with Crippen LogP contribution in [0, 0.1) is 20.8 Å². The number of aryl methyl sites for hydroxylation is 3. The van der Waals surface area contributed by atoms with E-state index >= 15 is 0 Å². The summed E-state index contributed by atoms with van der Waals surface area (Å²) in [4.78, 5) is 50.9. The number of carboxylic acids is 1. The van der Waals surface area contributed by atoms with Crippen molar-refractivity contribution in [3.05, 3.63) is 80.9 Å². The van der Waals surface area contributed by atoms with Crippen molar-refractivity contribution >= 4 is 51.5 Å². The quantitative estimate of drug-likeness (QED) is 0.204. The molecule has 2 atom stereocenters. The molecule has 9 nitrogen and oxygen atoms in total. The van der Waals surface area contributed by atoms with E-state index < -0.39 is 35.5 Å². The normalized spacial score (nSPS) is 12.8. The lowest BCUT2D eigenvalue weighted by Crippen LogP contribution is -2.52. The number of amides is 2. The average Bonchev–Trinajstić information content (AvgIpc) is 3.32. The molecule has 0 radical (unpaired) electrons. The van der Waals surface area contributed by atoms with Gasteiger partial charge >= 0.3 is 11.6 Å². The summed E-state index contributed by atoms with van der Waals surface area (Å²) in [6.07, 6.45) is 2.25. The number of nitrogens with one attached hydrogen (secondary N) is 2. The Kier molecular flexibility index (Phi) is 9.54. The van der Waals surface area contributed by atoms with Gasteiger partial charge in [-0.05, 0) is 49.9 Å². The van der Waals surface area contributed by atoms with Crippen molar-refractivity contribution in [3.63, 3.8) is 0 Å². The molecule has 0 fully saturated rings. The minimum absolute atomic E-state index is 0.170. The Morgan fingerprint density at radius 3 is 2.39 bits per heavy atom. The van der Waals surface area contributed by atoms with Crippen LogP contribution in [-0.4, -0.2) is 40.7 Å². The van der Waals surface area contributed by atoms with Gasteiger partial charge in [-0.3, -0.25) is 9.59 Å². The molecule has 0 aliphatic carbocycles. The molecule has 2 amide bonds. The predicted octanol–water partition coefficient (Wildman–Crippen LogP) is 4.79. The molecule has 2 aromatic carbocycles. The lowest BCUT2D eigenvalue weighted by Gasteiger charge is -2.21. The van der Waals surface area contributed by atoms with Crippen LogP contribution in [0.3, 0.4) is 0 Å². The second-order valence-electron chi connectivity index (χ2n) is 10.2. The molecular formula is C31H34N2O7S. The highest BCUT2D eigenvalue weighted by Gasteiger charge is 2.27. The van der Waals surface area contributed by atoms with Gasteiger partial charge in [-0.15, -0.1) is 0 Å². The van der Waals surface area contributed by atoms with Crippen LogP contribution < -0.4 is 16.3 Å². The van der Waals surface area contributed by atoms with E-state index in [1.54, 1.807) is 13.2 Å². The monoisotopic (exact) mass is 578 g/mol. The van der Waals surface area contributed by atoms with Gasteiger partial charge in [0.05, 0.1) is 18.2 Å². The molecule has 0 aliphatic rings. The van der Waals surface area contributed by atoms with Gasteiger partial charge in [-0.1, -0.05) is 43.7 Å². The molecule has 10 heteroatoms. The van der Waals surface area contributed by atoms with Crippen LogP contribution in [0.25, 0.3) is 21.9 Å². The van der Waals surface area contributed by atoms with E-state index in [1.807, 2.05) is 57.2 Å². The first-order valence-electron chi connectivity index (χ1n) is 13.5. The molecule has 3 N–H and O–H groups in total. The maximum absolute atomic E-state index is 13.1. The maximum Gasteiger partial charge on any atom is 0.340 e. The highest BCUT2D eigenvalue weighted by Crippen LogP contribution is 2.32. The molecule has 2 aromatic heterocycles. The molecule has 0 saturated heterocycles. The fraction of sp³-hybridized carbons (Fsp3) is 0.355. The summed E-state index contributed by atoms with van der Waals surface area (Å²) in [5, 5.41) is 16.5. The highest BCUT2D eigenvalue weighted by molar-refractivity contribution is 7.98. The van der Waals surface area contributed by atoms with E-state index in [4.69, 9.17) is 8.83 Å². The summed E-state index contributed by atoms with van der Waals surface area (Å²) in [6.45, 7) is 7.37. The second kappa shape index (κ2) is 13.1. The van der Waals surface area contributed by atoms with Crippen LogP contribution in [0.15, 0.2) is 56.3 Å². The van der Waals surface area contributed by atoms with Crippen LogP contribution in [0.5, 0.6) is 0 Å². The molecule has 2 heterocycles.